The van der Waals surface area contributed by atoms with Crippen molar-refractivity contribution >= 4 is 0 Å². The smallest absolute Gasteiger partial charge is 0.106 e. The SMILES string of the molecule is c1cc(C2CO2)ccc1CCCCCOCc1ccc(C2CO2)cc1. The molecule has 3 nitrogen and oxygen atoms in total. The van der Waals surface area contributed by atoms with E-state index in [0.29, 0.717) is 18.8 Å². The van der Waals surface area contributed by atoms with Gasteiger partial charge in [-0.25, -0.2) is 0 Å². The van der Waals surface area contributed by atoms with Crippen molar-refractivity contribution in [1.29, 1.82) is 0 Å². The molecular formula is C22H26O3. The molecule has 25 heavy (non-hydrogen) atoms. The van der Waals surface area contributed by atoms with Gasteiger partial charge in [0, 0.05) is 6.61 Å². The number of hydrogen-bond acceptors (Lipinski definition) is 3. The van der Waals surface area contributed by atoms with Gasteiger partial charge in [-0.2, -0.15) is 0 Å². The number of epoxide rings is 2. The number of ether oxygens (including phenoxy) is 3. The molecule has 2 atom stereocenters. The van der Waals surface area contributed by atoms with Gasteiger partial charge in [0.2, 0.25) is 0 Å². The fraction of sp³-hybridized carbons (Fsp3) is 0.455. The van der Waals surface area contributed by atoms with Gasteiger partial charge in [-0.3, -0.25) is 0 Å². The lowest BCUT2D eigenvalue weighted by molar-refractivity contribution is 0.117. The molecule has 2 unspecified atom stereocenters. The Morgan fingerprint density at radius 3 is 1.84 bits per heavy atom. The summed E-state index contributed by atoms with van der Waals surface area (Å²) in [6, 6.07) is 17.5. The first-order chi connectivity index (χ1) is 12.4. The highest BCUT2D eigenvalue weighted by Gasteiger charge is 2.24. The van der Waals surface area contributed by atoms with Crippen LogP contribution in [-0.4, -0.2) is 19.8 Å². The molecule has 3 heteroatoms. The highest BCUT2D eigenvalue weighted by molar-refractivity contribution is 5.26. The van der Waals surface area contributed by atoms with Gasteiger partial charge < -0.3 is 14.2 Å². The van der Waals surface area contributed by atoms with Crippen molar-refractivity contribution in [2.45, 2.75) is 44.5 Å². The maximum atomic E-state index is 5.79. The van der Waals surface area contributed by atoms with E-state index < -0.39 is 0 Å². The Kier molecular flexibility index (Phi) is 5.46. The monoisotopic (exact) mass is 338 g/mol. The normalized spacial score (nSPS) is 21.3. The van der Waals surface area contributed by atoms with E-state index in [1.165, 1.54) is 35.1 Å². The quantitative estimate of drug-likeness (QED) is 0.463. The largest absolute Gasteiger partial charge is 0.377 e. The molecule has 2 aromatic carbocycles. The summed E-state index contributed by atoms with van der Waals surface area (Å²) in [5.41, 5.74) is 5.26. The third-order valence-electron chi connectivity index (χ3n) is 4.89. The molecule has 2 saturated heterocycles. The summed E-state index contributed by atoms with van der Waals surface area (Å²) in [5, 5.41) is 0. The van der Waals surface area contributed by atoms with Gasteiger partial charge in [0.25, 0.3) is 0 Å². The van der Waals surface area contributed by atoms with E-state index in [2.05, 4.69) is 48.5 Å². The third kappa shape index (κ3) is 5.15. The van der Waals surface area contributed by atoms with Crippen LogP contribution in [0.15, 0.2) is 48.5 Å². The zero-order chi connectivity index (χ0) is 16.9. The van der Waals surface area contributed by atoms with Crippen LogP contribution in [-0.2, 0) is 27.2 Å². The molecule has 0 aromatic heterocycles. The molecule has 0 radical (unpaired) electrons. The third-order valence-corrected chi connectivity index (χ3v) is 4.89. The van der Waals surface area contributed by atoms with Crippen LogP contribution in [0.2, 0.25) is 0 Å². The van der Waals surface area contributed by atoms with Gasteiger partial charge in [-0.05, 0) is 41.5 Å². The van der Waals surface area contributed by atoms with Crippen LogP contribution in [0.1, 0.15) is 53.7 Å². The number of unbranched alkanes of at least 4 members (excludes halogenated alkanes) is 2. The molecule has 0 bridgehead atoms. The summed E-state index contributed by atoms with van der Waals surface area (Å²) < 4.78 is 16.4. The van der Waals surface area contributed by atoms with E-state index in [1.54, 1.807) is 0 Å². The Balaban J connectivity index is 1.06. The van der Waals surface area contributed by atoms with E-state index in [-0.39, 0.29) is 0 Å². The van der Waals surface area contributed by atoms with Gasteiger partial charge in [0.05, 0.1) is 19.8 Å². The Labute approximate surface area is 149 Å². The van der Waals surface area contributed by atoms with Gasteiger partial charge in [0.1, 0.15) is 12.2 Å². The lowest BCUT2D eigenvalue weighted by Gasteiger charge is -2.06. The van der Waals surface area contributed by atoms with Crippen molar-refractivity contribution in [3.8, 4) is 0 Å². The summed E-state index contributed by atoms with van der Waals surface area (Å²) >= 11 is 0. The molecule has 132 valence electrons. The fourth-order valence-corrected chi connectivity index (χ4v) is 3.11. The maximum absolute atomic E-state index is 5.79. The Bertz CT molecular complexity index is 595. The lowest BCUT2D eigenvalue weighted by Crippen LogP contribution is -1.96. The summed E-state index contributed by atoms with van der Waals surface area (Å²) in [6.07, 6.45) is 5.42. The summed E-state index contributed by atoms with van der Waals surface area (Å²) in [4.78, 5) is 0. The van der Waals surface area contributed by atoms with E-state index in [1.807, 2.05) is 0 Å². The second-order valence-electron chi connectivity index (χ2n) is 6.99. The predicted molar refractivity (Wildman–Crippen MR) is 97.5 cm³/mol. The van der Waals surface area contributed by atoms with E-state index in [0.717, 1.165) is 32.7 Å². The molecule has 0 spiro atoms. The van der Waals surface area contributed by atoms with E-state index in [9.17, 15) is 0 Å². The van der Waals surface area contributed by atoms with E-state index in [4.69, 9.17) is 14.2 Å². The minimum absolute atomic E-state index is 0.341. The first kappa shape index (κ1) is 16.8. The van der Waals surface area contributed by atoms with Crippen molar-refractivity contribution in [3.63, 3.8) is 0 Å². The van der Waals surface area contributed by atoms with Crippen molar-refractivity contribution in [3.05, 3.63) is 70.8 Å². The molecule has 0 aliphatic carbocycles. The number of aryl methyl sites for hydroxylation is 1. The van der Waals surface area contributed by atoms with Crippen molar-refractivity contribution in [2.75, 3.05) is 19.8 Å². The minimum Gasteiger partial charge on any atom is -0.377 e. The van der Waals surface area contributed by atoms with Gasteiger partial charge in [-0.1, -0.05) is 55.0 Å². The zero-order valence-electron chi connectivity index (χ0n) is 14.7. The summed E-state index contributed by atoms with van der Waals surface area (Å²) in [5.74, 6) is 0. The van der Waals surface area contributed by atoms with Crippen molar-refractivity contribution in [2.24, 2.45) is 0 Å². The van der Waals surface area contributed by atoms with Crippen LogP contribution in [0.25, 0.3) is 0 Å². The number of hydrogen-bond donors (Lipinski definition) is 0. The second kappa shape index (κ2) is 8.13. The van der Waals surface area contributed by atoms with Crippen molar-refractivity contribution in [1.82, 2.24) is 0 Å². The Morgan fingerprint density at radius 2 is 1.28 bits per heavy atom. The van der Waals surface area contributed by atoms with Crippen LogP contribution in [0.3, 0.4) is 0 Å². The predicted octanol–water partition coefficient (Wildman–Crippen LogP) is 4.76. The highest BCUT2D eigenvalue weighted by Crippen LogP contribution is 2.30. The topological polar surface area (TPSA) is 34.3 Å². The standard InChI is InChI=1S/C22H26O3/c1(2-4-17-5-9-19(10-6-17)21-15-24-21)3-13-23-14-18-7-11-20(12-8-18)22-16-25-22/h5-12,21-22H,1-4,13-16H2. The van der Waals surface area contributed by atoms with Gasteiger partial charge in [-0.15, -0.1) is 0 Å². The molecule has 2 aliphatic rings. The Morgan fingerprint density at radius 1 is 0.720 bits per heavy atom. The summed E-state index contributed by atoms with van der Waals surface area (Å²) in [7, 11) is 0. The average Bonchev–Trinajstić information content (AvgIpc) is 3.55. The Hall–Kier alpha value is -1.68. The second-order valence-corrected chi connectivity index (χ2v) is 6.99. The lowest BCUT2D eigenvalue weighted by atomic mass is 10.0. The maximum Gasteiger partial charge on any atom is 0.106 e. The molecule has 2 aromatic rings. The molecule has 2 heterocycles. The minimum atomic E-state index is 0.341. The summed E-state index contributed by atoms with van der Waals surface area (Å²) in [6.45, 7) is 3.30. The molecule has 0 amide bonds. The van der Waals surface area contributed by atoms with Crippen LogP contribution in [0, 0.1) is 0 Å². The average molecular weight is 338 g/mol. The molecule has 0 saturated carbocycles. The highest BCUT2D eigenvalue weighted by atomic mass is 16.6. The van der Waals surface area contributed by atoms with Crippen molar-refractivity contribution < 1.29 is 14.2 Å². The van der Waals surface area contributed by atoms with Crippen LogP contribution in [0.4, 0.5) is 0 Å². The first-order valence-electron chi connectivity index (χ1n) is 9.37. The number of rotatable bonds is 10. The molecule has 0 N–H and O–H groups in total. The molecule has 4 rings (SSSR count). The first-order valence-corrected chi connectivity index (χ1v) is 9.37. The van der Waals surface area contributed by atoms with Crippen LogP contribution < -0.4 is 0 Å². The van der Waals surface area contributed by atoms with Crippen LogP contribution >= 0.6 is 0 Å². The molecule has 2 fully saturated rings. The van der Waals surface area contributed by atoms with Gasteiger partial charge >= 0.3 is 0 Å². The number of benzene rings is 2. The molecular weight excluding hydrogens is 312 g/mol. The fourth-order valence-electron chi connectivity index (χ4n) is 3.11. The van der Waals surface area contributed by atoms with Gasteiger partial charge in [0.15, 0.2) is 0 Å². The van der Waals surface area contributed by atoms with Crippen LogP contribution in [0.5, 0.6) is 0 Å². The zero-order valence-corrected chi connectivity index (χ0v) is 14.7. The van der Waals surface area contributed by atoms with E-state index >= 15 is 0 Å². The molecule has 2 aliphatic heterocycles.